The van der Waals surface area contributed by atoms with E-state index in [9.17, 15) is 18.0 Å². The van der Waals surface area contributed by atoms with Crippen molar-refractivity contribution in [1.29, 1.82) is 0 Å². The van der Waals surface area contributed by atoms with Crippen LogP contribution in [0.25, 0.3) is 0 Å². The van der Waals surface area contributed by atoms with Gasteiger partial charge in [-0.05, 0) is 60.9 Å². The number of halogens is 2. The van der Waals surface area contributed by atoms with Gasteiger partial charge in [-0.1, -0.05) is 90.3 Å². The molecule has 0 aliphatic heterocycles. The highest BCUT2D eigenvalue weighted by molar-refractivity contribution is 7.92. The molecule has 4 aromatic carbocycles. The molecule has 0 aliphatic carbocycles. The minimum Gasteiger partial charge on any atom is -0.497 e. The van der Waals surface area contributed by atoms with Gasteiger partial charge in [0, 0.05) is 25.6 Å². The van der Waals surface area contributed by atoms with Crippen molar-refractivity contribution in [2.45, 2.75) is 44.2 Å². The predicted octanol–water partition coefficient (Wildman–Crippen LogP) is 6.67. The highest BCUT2D eigenvalue weighted by Gasteiger charge is 2.34. The zero-order chi connectivity index (χ0) is 33.3. The molecule has 11 heteroatoms. The van der Waals surface area contributed by atoms with Gasteiger partial charge in [-0.25, -0.2) is 8.42 Å². The van der Waals surface area contributed by atoms with Crippen LogP contribution in [0.15, 0.2) is 102 Å². The molecule has 0 fully saturated rings. The quantitative estimate of drug-likeness (QED) is 0.160. The van der Waals surface area contributed by atoms with E-state index in [-0.39, 0.29) is 29.5 Å². The third-order valence-electron chi connectivity index (χ3n) is 7.39. The standard InChI is InChI=1S/C35H37Cl2N3O5S/c1-4-19-38-35(42)33(21-26-9-6-5-7-10-26)39(23-27-15-18-31(36)32(37)20-27)34(41)24-40(28-11-8-12-29(22-28)45-3)46(43,44)30-16-13-25(2)14-17-30/h5-18,20,22,33H,4,19,21,23-24H2,1-3H3,(H,38,42). The Balaban J connectivity index is 1.82. The van der Waals surface area contributed by atoms with E-state index in [1.54, 1.807) is 54.6 Å². The van der Waals surface area contributed by atoms with Crippen molar-refractivity contribution in [3.63, 3.8) is 0 Å². The summed E-state index contributed by atoms with van der Waals surface area (Å²) >= 11 is 12.5. The Morgan fingerprint density at radius 2 is 1.59 bits per heavy atom. The van der Waals surface area contributed by atoms with Crippen LogP contribution in [0.4, 0.5) is 5.69 Å². The summed E-state index contributed by atoms with van der Waals surface area (Å²) in [6.07, 6.45) is 0.899. The van der Waals surface area contributed by atoms with Crippen molar-refractivity contribution >= 4 is 50.7 Å². The van der Waals surface area contributed by atoms with Crippen LogP contribution in [0, 0.1) is 6.92 Å². The topological polar surface area (TPSA) is 96.0 Å². The second-order valence-electron chi connectivity index (χ2n) is 10.8. The molecular weight excluding hydrogens is 645 g/mol. The van der Waals surface area contributed by atoms with Crippen LogP contribution < -0.4 is 14.4 Å². The Morgan fingerprint density at radius 3 is 2.24 bits per heavy atom. The maximum atomic E-state index is 14.5. The van der Waals surface area contributed by atoms with Gasteiger partial charge in [0.1, 0.15) is 18.3 Å². The number of nitrogens with zero attached hydrogens (tertiary/aromatic N) is 2. The number of carbonyl (C=O) groups excluding carboxylic acids is 2. The summed E-state index contributed by atoms with van der Waals surface area (Å²) in [5.74, 6) is -0.520. The average molecular weight is 683 g/mol. The summed E-state index contributed by atoms with van der Waals surface area (Å²) in [5.41, 5.74) is 2.58. The normalized spacial score (nSPS) is 11.8. The van der Waals surface area contributed by atoms with Gasteiger partial charge in [-0.2, -0.15) is 0 Å². The summed E-state index contributed by atoms with van der Waals surface area (Å²) in [5, 5.41) is 3.57. The molecule has 0 heterocycles. The van der Waals surface area contributed by atoms with Gasteiger partial charge in [-0.15, -0.1) is 0 Å². The fourth-order valence-electron chi connectivity index (χ4n) is 4.89. The van der Waals surface area contributed by atoms with Gasteiger partial charge in [0.2, 0.25) is 11.8 Å². The van der Waals surface area contributed by atoms with Crippen LogP contribution in [0.2, 0.25) is 10.0 Å². The molecular formula is C35H37Cl2N3O5S. The second kappa shape index (κ2) is 16.0. The van der Waals surface area contributed by atoms with E-state index in [2.05, 4.69) is 5.32 Å². The molecule has 0 aliphatic rings. The monoisotopic (exact) mass is 681 g/mol. The van der Waals surface area contributed by atoms with E-state index in [4.69, 9.17) is 27.9 Å². The maximum absolute atomic E-state index is 14.5. The van der Waals surface area contributed by atoms with Crippen LogP contribution in [-0.2, 0) is 32.6 Å². The molecule has 0 saturated carbocycles. The number of methoxy groups -OCH3 is 1. The van der Waals surface area contributed by atoms with Crippen molar-refractivity contribution in [2.24, 2.45) is 0 Å². The zero-order valence-electron chi connectivity index (χ0n) is 26.0. The highest BCUT2D eigenvalue weighted by atomic mass is 35.5. The molecule has 0 radical (unpaired) electrons. The Bertz CT molecular complexity index is 1750. The van der Waals surface area contributed by atoms with Gasteiger partial charge in [0.25, 0.3) is 10.0 Å². The number of ether oxygens (including phenoxy) is 1. The van der Waals surface area contributed by atoms with Crippen molar-refractivity contribution in [2.75, 3.05) is 24.5 Å². The molecule has 242 valence electrons. The Labute approximate surface area is 280 Å². The van der Waals surface area contributed by atoms with Crippen molar-refractivity contribution < 1.29 is 22.7 Å². The first-order valence-corrected chi connectivity index (χ1v) is 17.0. The number of benzene rings is 4. The zero-order valence-corrected chi connectivity index (χ0v) is 28.3. The summed E-state index contributed by atoms with van der Waals surface area (Å²) in [6.45, 7) is 3.60. The number of nitrogens with one attached hydrogen (secondary N) is 1. The van der Waals surface area contributed by atoms with Crippen LogP contribution in [-0.4, -0.2) is 51.4 Å². The number of hydrogen-bond donors (Lipinski definition) is 1. The van der Waals surface area contributed by atoms with Crippen molar-refractivity contribution in [3.8, 4) is 5.75 Å². The largest absolute Gasteiger partial charge is 0.497 e. The lowest BCUT2D eigenvalue weighted by Gasteiger charge is -2.34. The van der Waals surface area contributed by atoms with Gasteiger partial charge >= 0.3 is 0 Å². The maximum Gasteiger partial charge on any atom is 0.264 e. The van der Waals surface area contributed by atoms with E-state index >= 15 is 0 Å². The number of hydrogen-bond acceptors (Lipinski definition) is 5. The second-order valence-corrected chi connectivity index (χ2v) is 13.5. The molecule has 0 spiro atoms. The molecule has 1 unspecified atom stereocenters. The molecule has 1 atom stereocenters. The highest BCUT2D eigenvalue weighted by Crippen LogP contribution is 2.29. The van der Waals surface area contributed by atoms with E-state index in [1.165, 1.54) is 24.1 Å². The molecule has 1 N–H and O–H groups in total. The summed E-state index contributed by atoms with van der Waals surface area (Å²) < 4.78 is 34.8. The number of carbonyl (C=O) groups is 2. The molecule has 4 aromatic rings. The SMILES string of the molecule is CCCNC(=O)C(Cc1ccccc1)N(Cc1ccc(Cl)c(Cl)c1)C(=O)CN(c1cccc(OC)c1)S(=O)(=O)c1ccc(C)cc1. The molecule has 0 saturated heterocycles. The lowest BCUT2D eigenvalue weighted by Crippen LogP contribution is -2.53. The van der Waals surface area contributed by atoms with Crippen molar-refractivity contribution in [3.05, 3.63) is 124 Å². The molecule has 2 amide bonds. The first kappa shape index (κ1) is 34.8. The predicted molar refractivity (Wildman–Crippen MR) is 183 cm³/mol. The molecule has 0 bridgehead atoms. The fourth-order valence-corrected chi connectivity index (χ4v) is 6.61. The molecule has 0 aromatic heterocycles. The summed E-state index contributed by atoms with van der Waals surface area (Å²) in [4.78, 5) is 29.7. The van der Waals surface area contributed by atoms with Crippen LogP contribution in [0.1, 0.15) is 30.0 Å². The van der Waals surface area contributed by atoms with Gasteiger partial charge < -0.3 is 15.0 Å². The molecule has 46 heavy (non-hydrogen) atoms. The minimum atomic E-state index is -4.24. The number of rotatable bonds is 14. The number of amides is 2. The first-order valence-electron chi connectivity index (χ1n) is 14.8. The Hall–Kier alpha value is -4.05. The summed E-state index contributed by atoms with van der Waals surface area (Å²) in [6, 6.07) is 26.3. The Kier molecular flexibility index (Phi) is 12.1. The minimum absolute atomic E-state index is 0.0197. The number of sulfonamides is 1. The van der Waals surface area contributed by atoms with Gasteiger partial charge in [-0.3, -0.25) is 13.9 Å². The smallest absolute Gasteiger partial charge is 0.264 e. The third kappa shape index (κ3) is 8.81. The van der Waals surface area contributed by atoms with E-state index in [1.807, 2.05) is 44.2 Å². The summed E-state index contributed by atoms with van der Waals surface area (Å²) in [7, 11) is -2.76. The molecule has 4 rings (SSSR count). The van der Waals surface area contributed by atoms with E-state index in [0.29, 0.717) is 34.3 Å². The van der Waals surface area contributed by atoms with E-state index in [0.717, 1.165) is 15.4 Å². The average Bonchev–Trinajstić information content (AvgIpc) is 3.06. The lowest BCUT2D eigenvalue weighted by molar-refractivity contribution is -0.140. The number of aryl methyl sites for hydroxylation is 1. The van der Waals surface area contributed by atoms with Crippen LogP contribution in [0.3, 0.4) is 0 Å². The Morgan fingerprint density at radius 1 is 0.870 bits per heavy atom. The molecule has 8 nitrogen and oxygen atoms in total. The lowest BCUT2D eigenvalue weighted by atomic mass is 10.0. The van der Waals surface area contributed by atoms with Gasteiger partial charge in [0.15, 0.2) is 0 Å². The fraction of sp³-hybridized carbons (Fsp3) is 0.257. The van der Waals surface area contributed by atoms with Crippen molar-refractivity contribution in [1.82, 2.24) is 10.2 Å². The number of anilines is 1. The third-order valence-corrected chi connectivity index (χ3v) is 9.91. The van der Waals surface area contributed by atoms with Crippen LogP contribution >= 0.6 is 23.2 Å². The first-order chi connectivity index (χ1) is 22.0. The van der Waals surface area contributed by atoms with Crippen LogP contribution in [0.5, 0.6) is 5.75 Å². The van der Waals surface area contributed by atoms with Gasteiger partial charge in [0.05, 0.1) is 27.7 Å². The van der Waals surface area contributed by atoms with E-state index < -0.39 is 28.5 Å².